The first-order chi connectivity index (χ1) is 9.78. The zero-order chi connectivity index (χ0) is 13.9. The van der Waals surface area contributed by atoms with Crippen molar-refractivity contribution >= 4 is 11.0 Å². The Morgan fingerprint density at radius 2 is 2.15 bits per heavy atom. The number of fused-ring (bicyclic) bond motifs is 1. The van der Waals surface area contributed by atoms with Gasteiger partial charge in [0.25, 0.3) is 0 Å². The molecule has 0 amide bonds. The number of imidazole rings is 1. The molecule has 0 aliphatic heterocycles. The van der Waals surface area contributed by atoms with Crippen molar-refractivity contribution in [2.45, 2.75) is 0 Å². The summed E-state index contributed by atoms with van der Waals surface area (Å²) in [6, 6.07) is 4.76. The highest BCUT2D eigenvalue weighted by Crippen LogP contribution is 2.32. The molecule has 6 heteroatoms. The Labute approximate surface area is 114 Å². The highest BCUT2D eigenvalue weighted by molar-refractivity contribution is 5.79. The number of rotatable bonds is 3. The molecule has 0 saturated carbocycles. The van der Waals surface area contributed by atoms with Gasteiger partial charge in [0.15, 0.2) is 0 Å². The van der Waals surface area contributed by atoms with Gasteiger partial charge in [-0.3, -0.25) is 0 Å². The van der Waals surface area contributed by atoms with Gasteiger partial charge in [-0.05, 0) is 12.1 Å². The zero-order valence-electron chi connectivity index (χ0n) is 10.4. The summed E-state index contributed by atoms with van der Waals surface area (Å²) < 4.78 is 5.43. The van der Waals surface area contributed by atoms with Gasteiger partial charge in [-0.15, -0.1) is 6.42 Å². The van der Waals surface area contributed by atoms with Crippen molar-refractivity contribution in [3.05, 3.63) is 30.6 Å². The fourth-order valence-electron chi connectivity index (χ4n) is 1.85. The fourth-order valence-corrected chi connectivity index (χ4v) is 1.85. The van der Waals surface area contributed by atoms with E-state index in [1.807, 2.05) is 0 Å². The SMILES string of the molecule is C#CCOc1cc(O)ccc1-c1nc2cnncc2[nH]1. The summed E-state index contributed by atoms with van der Waals surface area (Å²) in [5.74, 6) is 3.54. The van der Waals surface area contributed by atoms with E-state index in [0.717, 1.165) is 5.52 Å². The maximum Gasteiger partial charge on any atom is 0.148 e. The van der Waals surface area contributed by atoms with Crippen LogP contribution < -0.4 is 4.74 Å². The van der Waals surface area contributed by atoms with E-state index in [4.69, 9.17) is 11.2 Å². The molecule has 1 aromatic carbocycles. The molecule has 0 unspecified atom stereocenters. The molecule has 0 radical (unpaired) electrons. The van der Waals surface area contributed by atoms with Crippen LogP contribution in [0, 0.1) is 12.3 Å². The Bertz CT molecular complexity index is 771. The second-order valence-electron chi connectivity index (χ2n) is 4.05. The third-order valence-electron chi connectivity index (χ3n) is 2.73. The summed E-state index contributed by atoms with van der Waals surface area (Å²) in [7, 11) is 0. The topological polar surface area (TPSA) is 83.9 Å². The zero-order valence-corrected chi connectivity index (χ0v) is 10.4. The molecule has 98 valence electrons. The van der Waals surface area contributed by atoms with Crippen LogP contribution in [-0.4, -0.2) is 31.9 Å². The number of nitrogens with zero attached hydrogens (tertiary/aromatic N) is 3. The van der Waals surface area contributed by atoms with Gasteiger partial charge in [0.1, 0.15) is 29.4 Å². The van der Waals surface area contributed by atoms with E-state index in [0.29, 0.717) is 22.7 Å². The molecule has 6 nitrogen and oxygen atoms in total. The number of aromatic nitrogens is 4. The van der Waals surface area contributed by atoms with Gasteiger partial charge >= 0.3 is 0 Å². The minimum absolute atomic E-state index is 0.0974. The van der Waals surface area contributed by atoms with E-state index in [1.165, 1.54) is 6.07 Å². The second kappa shape index (κ2) is 4.90. The lowest BCUT2D eigenvalue weighted by atomic mass is 10.2. The standard InChI is InChI=1S/C14H10N4O2/c1-2-5-20-13-6-9(19)3-4-10(13)14-17-11-7-15-16-8-12(11)18-14/h1,3-4,6-8,19H,5H2,(H,17,18). The van der Waals surface area contributed by atoms with Crippen LogP contribution in [0.25, 0.3) is 22.4 Å². The van der Waals surface area contributed by atoms with Crippen molar-refractivity contribution in [1.82, 2.24) is 20.2 Å². The monoisotopic (exact) mass is 266 g/mol. The maximum absolute atomic E-state index is 9.54. The van der Waals surface area contributed by atoms with Gasteiger partial charge in [-0.25, -0.2) is 4.98 Å². The average molecular weight is 266 g/mol. The Balaban J connectivity index is 2.10. The Hall–Kier alpha value is -3.07. The predicted octanol–water partition coefficient (Wildman–Crippen LogP) is 1.74. The lowest BCUT2D eigenvalue weighted by Crippen LogP contribution is -1.96. The van der Waals surface area contributed by atoms with E-state index in [9.17, 15) is 5.11 Å². The van der Waals surface area contributed by atoms with Crippen molar-refractivity contribution in [3.8, 4) is 35.2 Å². The first-order valence-electron chi connectivity index (χ1n) is 5.84. The van der Waals surface area contributed by atoms with Crippen molar-refractivity contribution in [3.63, 3.8) is 0 Å². The van der Waals surface area contributed by atoms with E-state index in [-0.39, 0.29) is 12.4 Å². The molecule has 2 aromatic heterocycles. The molecule has 0 bridgehead atoms. The molecule has 2 N–H and O–H groups in total. The number of hydrogen-bond acceptors (Lipinski definition) is 5. The third-order valence-corrected chi connectivity index (χ3v) is 2.73. The summed E-state index contributed by atoms with van der Waals surface area (Å²) >= 11 is 0. The maximum atomic E-state index is 9.54. The number of ether oxygens (including phenoxy) is 1. The third kappa shape index (κ3) is 2.12. The lowest BCUT2D eigenvalue weighted by Gasteiger charge is -2.08. The van der Waals surface area contributed by atoms with E-state index in [1.54, 1.807) is 24.5 Å². The molecule has 20 heavy (non-hydrogen) atoms. The average Bonchev–Trinajstić information content (AvgIpc) is 2.88. The number of aromatic hydroxyl groups is 1. The van der Waals surface area contributed by atoms with Gasteiger partial charge in [-0.1, -0.05) is 5.92 Å². The highest BCUT2D eigenvalue weighted by atomic mass is 16.5. The minimum Gasteiger partial charge on any atom is -0.508 e. The Morgan fingerprint density at radius 3 is 2.95 bits per heavy atom. The molecular weight excluding hydrogens is 256 g/mol. The summed E-state index contributed by atoms with van der Waals surface area (Å²) in [4.78, 5) is 7.53. The van der Waals surface area contributed by atoms with Crippen LogP contribution in [0.3, 0.4) is 0 Å². The smallest absolute Gasteiger partial charge is 0.148 e. The van der Waals surface area contributed by atoms with E-state index >= 15 is 0 Å². The van der Waals surface area contributed by atoms with Crippen LogP contribution in [0.15, 0.2) is 30.6 Å². The molecule has 0 spiro atoms. The van der Waals surface area contributed by atoms with Crippen LogP contribution in [0.1, 0.15) is 0 Å². The van der Waals surface area contributed by atoms with Gasteiger partial charge < -0.3 is 14.8 Å². The fraction of sp³-hybridized carbons (Fsp3) is 0.0714. The summed E-state index contributed by atoms with van der Waals surface area (Å²) in [5.41, 5.74) is 2.17. The predicted molar refractivity (Wildman–Crippen MR) is 73.1 cm³/mol. The summed E-state index contributed by atoms with van der Waals surface area (Å²) in [6.07, 6.45) is 8.35. The number of phenolic OH excluding ortho intramolecular Hbond substituents is 1. The molecule has 3 aromatic rings. The van der Waals surface area contributed by atoms with Gasteiger partial charge in [0.05, 0.1) is 23.5 Å². The Kier molecular flexibility index (Phi) is 2.94. The lowest BCUT2D eigenvalue weighted by molar-refractivity contribution is 0.368. The molecule has 0 fully saturated rings. The van der Waals surface area contributed by atoms with Crippen molar-refractivity contribution in [2.75, 3.05) is 6.61 Å². The molecule has 0 aliphatic rings. The van der Waals surface area contributed by atoms with Crippen LogP contribution in [0.5, 0.6) is 11.5 Å². The molecule has 0 saturated heterocycles. The number of nitrogens with one attached hydrogen (secondary N) is 1. The minimum atomic E-state index is 0.0974. The molecule has 0 aliphatic carbocycles. The molecule has 0 atom stereocenters. The largest absolute Gasteiger partial charge is 0.508 e. The molecule has 3 rings (SSSR count). The van der Waals surface area contributed by atoms with Gasteiger partial charge in [0, 0.05) is 6.07 Å². The van der Waals surface area contributed by atoms with Crippen LogP contribution in [0.4, 0.5) is 0 Å². The van der Waals surface area contributed by atoms with Crippen LogP contribution in [-0.2, 0) is 0 Å². The Morgan fingerprint density at radius 1 is 1.30 bits per heavy atom. The molecule has 2 heterocycles. The summed E-state index contributed by atoms with van der Waals surface area (Å²) in [5, 5.41) is 17.1. The summed E-state index contributed by atoms with van der Waals surface area (Å²) in [6.45, 7) is 0.111. The van der Waals surface area contributed by atoms with Crippen molar-refractivity contribution in [2.24, 2.45) is 0 Å². The van der Waals surface area contributed by atoms with Gasteiger partial charge in [0.2, 0.25) is 0 Å². The molecular formula is C14H10N4O2. The normalized spacial score (nSPS) is 10.3. The van der Waals surface area contributed by atoms with E-state index in [2.05, 4.69) is 26.1 Å². The highest BCUT2D eigenvalue weighted by Gasteiger charge is 2.12. The van der Waals surface area contributed by atoms with Gasteiger partial charge in [-0.2, -0.15) is 10.2 Å². The van der Waals surface area contributed by atoms with Crippen molar-refractivity contribution < 1.29 is 9.84 Å². The van der Waals surface area contributed by atoms with Crippen LogP contribution >= 0.6 is 0 Å². The number of terminal acetylenes is 1. The first kappa shape index (κ1) is 12.0. The second-order valence-corrected chi connectivity index (χ2v) is 4.05. The number of benzene rings is 1. The number of phenols is 1. The first-order valence-corrected chi connectivity index (χ1v) is 5.84. The van der Waals surface area contributed by atoms with Crippen LogP contribution in [0.2, 0.25) is 0 Å². The number of hydrogen-bond donors (Lipinski definition) is 2. The number of H-pyrrole nitrogens is 1. The van der Waals surface area contributed by atoms with E-state index < -0.39 is 0 Å². The quantitative estimate of drug-likeness (QED) is 0.705. The van der Waals surface area contributed by atoms with Crippen molar-refractivity contribution in [1.29, 1.82) is 0 Å². The number of aromatic amines is 1.